The first-order chi connectivity index (χ1) is 27.4. The van der Waals surface area contributed by atoms with E-state index < -0.39 is 30.2 Å². The van der Waals surface area contributed by atoms with Crippen molar-refractivity contribution in [1.29, 1.82) is 0 Å². The topological polar surface area (TPSA) is 69.9 Å². The molecule has 0 atom stereocenters. The molecule has 51 heavy (non-hydrogen) atoms. The van der Waals surface area contributed by atoms with E-state index in [1.807, 2.05) is 84.9 Å². The molecule has 0 amide bonds. The molecule has 7 aromatic carbocycles. The Morgan fingerprint density at radius 2 is 1.10 bits per heavy atom. The lowest BCUT2D eigenvalue weighted by Crippen LogP contribution is -2.00. The van der Waals surface area contributed by atoms with Crippen molar-refractivity contribution in [2.24, 2.45) is 0 Å². The second kappa shape index (κ2) is 10.7. The molecule has 4 aromatic heterocycles. The van der Waals surface area contributed by atoms with Gasteiger partial charge in [0.15, 0.2) is 17.5 Å². The van der Waals surface area contributed by atoms with Gasteiger partial charge in [-0.2, -0.15) is 0 Å². The number of para-hydroxylation sites is 4. The fourth-order valence-corrected chi connectivity index (χ4v) is 7.34. The fraction of sp³-hybridized carbons (Fsp3) is 0. The Morgan fingerprint density at radius 3 is 1.90 bits per heavy atom. The number of rotatable bonds is 4. The lowest BCUT2D eigenvalue weighted by molar-refractivity contribution is 0.669. The van der Waals surface area contributed by atoms with Gasteiger partial charge in [-0.15, -0.1) is 0 Å². The van der Waals surface area contributed by atoms with Crippen molar-refractivity contribution in [3.8, 4) is 39.9 Å². The van der Waals surface area contributed by atoms with E-state index in [2.05, 4.69) is 47.0 Å². The van der Waals surface area contributed by atoms with Crippen molar-refractivity contribution < 1.29 is 15.7 Å². The highest BCUT2D eigenvalue weighted by atomic mass is 16.3. The smallest absolute Gasteiger partial charge is 0.167 e. The highest BCUT2D eigenvalue weighted by Gasteiger charge is 2.21. The van der Waals surface area contributed by atoms with E-state index in [4.69, 9.17) is 30.6 Å². The van der Waals surface area contributed by atoms with Gasteiger partial charge < -0.3 is 13.4 Å². The van der Waals surface area contributed by atoms with Crippen LogP contribution in [0.4, 0.5) is 0 Å². The maximum absolute atomic E-state index is 8.81. The zero-order chi connectivity index (χ0) is 37.8. The maximum atomic E-state index is 8.81. The molecular weight excluding hydrogens is 629 g/mol. The van der Waals surface area contributed by atoms with E-state index in [0.29, 0.717) is 27.9 Å². The summed E-state index contributed by atoms with van der Waals surface area (Å²) < 4.78 is 57.7. The van der Waals surface area contributed by atoms with Crippen LogP contribution in [0.2, 0.25) is 0 Å². The van der Waals surface area contributed by atoms with Gasteiger partial charge in [0.05, 0.1) is 34.5 Å². The van der Waals surface area contributed by atoms with E-state index in [9.17, 15) is 0 Å². The SMILES string of the molecule is [2H]c1c([2H])c([2H])c(-c2nc(-c3ccc4oc5ccccc5c4c3)nc(-c3cccc4c3oc3cccc(-n5c6ccccc6c6ccccc65)c34)n2)c([2H])c1[2H]. The normalized spacial score (nSPS) is 13.3. The molecule has 0 spiro atoms. The van der Waals surface area contributed by atoms with E-state index in [-0.39, 0.29) is 23.0 Å². The molecule has 0 fully saturated rings. The minimum atomic E-state index is -0.498. The molecule has 0 aliphatic rings. The quantitative estimate of drug-likeness (QED) is 0.188. The predicted molar refractivity (Wildman–Crippen MR) is 205 cm³/mol. The van der Waals surface area contributed by atoms with Gasteiger partial charge in [-0.3, -0.25) is 0 Å². The van der Waals surface area contributed by atoms with Crippen molar-refractivity contribution in [2.45, 2.75) is 0 Å². The van der Waals surface area contributed by atoms with E-state index in [1.54, 1.807) is 0 Å². The van der Waals surface area contributed by atoms with Crippen molar-refractivity contribution in [3.63, 3.8) is 0 Å². The van der Waals surface area contributed by atoms with Crippen LogP contribution in [-0.4, -0.2) is 19.5 Å². The van der Waals surface area contributed by atoms with Gasteiger partial charge in [0.1, 0.15) is 22.3 Å². The highest BCUT2D eigenvalue weighted by molar-refractivity contribution is 6.16. The van der Waals surface area contributed by atoms with Gasteiger partial charge in [0.25, 0.3) is 0 Å². The van der Waals surface area contributed by atoms with Crippen LogP contribution in [0.25, 0.3) is 106 Å². The minimum absolute atomic E-state index is 0.0572. The lowest BCUT2D eigenvalue weighted by Gasteiger charge is -2.10. The molecule has 238 valence electrons. The molecule has 4 heterocycles. The first-order valence-corrected chi connectivity index (χ1v) is 16.5. The average Bonchev–Trinajstić information content (AvgIpc) is 3.91. The third kappa shape index (κ3) is 4.20. The number of benzene rings is 7. The van der Waals surface area contributed by atoms with Crippen LogP contribution in [0.5, 0.6) is 0 Å². The molecule has 0 radical (unpaired) electrons. The van der Waals surface area contributed by atoms with Crippen LogP contribution in [0.15, 0.2) is 166 Å². The van der Waals surface area contributed by atoms with Crippen LogP contribution in [0.1, 0.15) is 6.85 Å². The Hall–Kier alpha value is -7.05. The molecule has 0 N–H and O–H groups in total. The summed E-state index contributed by atoms with van der Waals surface area (Å²) in [6.45, 7) is 0. The molecule has 0 aliphatic carbocycles. The molecule has 0 saturated carbocycles. The second-order valence-electron chi connectivity index (χ2n) is 12.4. The first-order valence-electron chi connectivity index (χ1n) is 19.0. The van der Waals surface area contributed by atoms with Crippen molar-refractivity contribution in [1.82, 2.24) is 19.5 Å². The van der Waals surface area contributed by atoms with Gasteiger partial charge >= 0.3 is 0 Å². The second-order valence-corrected chi connectivity index (χ2v) is 12.4. The molecule has 0 bridgehead atoms. The lowest BCUT2D eigenvalue weighted by atomic mass is 10.1. The van der Waals surface area contributed by atoms with Gasteiger partial charge in [-0.1, -0.05) is 103 Å². The highest BCUT2D eigenvalue weighted by Crippen LogP contribution is 2.41. The van der Waals surface area contributed by atoms with Gasteiger partial charge in [-0.05, 0) is 54.6 Å². The molecule has 6 heteroatoms. The molecule has 0 unspecified atom stereocenters. The third-order valence-corrected chi connectivity index (χ3v) is 9.56. The van der Waals surface area contributed by atoms with Gasteiger partial charge in [0.2, 0.25) is 0 Å². The first kappa shape index (κ1) is 23.3. The largest absolute Gasteiger partial charge is 0.456 e. The zero-order valence-corrected chi connectivity index (χ0v) is 26.7. The van der Waals surface area contributed by atoms with Crippen LogP contribution < -0.4 is 0 Å². The Labute approximate surface area is 297 Å². The Kier molecular flexibility index (Phi) is 4.91. The molecule has 6 nitrogen and oxygen atoms in total. The fourth-order valence-electron chi connectivity index (χ4n) is 7.34. The Morgan fingerprint density at radius 1 is 0.471 bits per heavy atom. The zero-order valence-electron chi connectivity index (χ0n) is 31.7. The number of furan rings is 2. The van der Waals surface area contributed by atoms with Crippen LogP contribution >= 0.6 is 0 Å². The van der Waals surface area contributed by atoms with Crippen molar-refractivity contribution >= 4 is 65.7 Å². The summed E-state index contributed by atoms with van der Waals surface area (Å²) in [6, 6.07) is 39.6. The summed E-state index contributed by atoms with van der Waals surface area (Å²) in [5.41, 5.74) is 6.80. The summed E-state index contributed by atoms with van der Waals surface area (Å²) in [5.74, 6) is 0.415. The average molecular weight is 660 g/mol. The standard InChI is InChI=1S/C45H26N4O2/c1-2-12-27(13-3-1)43-46-44(28-24-25-39-34(26-28)31-16-6-9-22-38(31)50-39)48-45(47-43)33-18-10-17-32-41-37(21-11-23-40(41)51-42(32)33)49-35-19-7-4-14-29(35)30-15-5-8-20-36(30)49/h1-26H/i1D,2D,3D,12D,13D. The molecule has 0 aliphatic heterocycles. The molecule has 11 rings (SSSR count). The predicted octanol–water partition coefficient (Wildman–Crippen LogP) is 11.8. The maximum Gasteiger partial charge on any atom is 0.167 e. The van der Waals surface area contributed by atoms with Crippen LogP contribution in [-0.2, 0) is 0 Å². The van der Waals surface area contributed by atoms with Crippen molar-refractivity contribution in [3.05, 3.63) is 158 Å². The van der Waals surface area contributed by atoms with Gasteiger partial charge in [0, 0.05) is 38.1 Å². The molecule has 0 saturated heterocycles. The van der Waals surface area contributed by atoms with Crippen LogP contribution in [0.3, 0.4) is 0 Å². The Balaban J connectivity index is 1.18. The Bertz CT molecular complexity index is 3380. The monoisotopic (exact) mass is 659 g/mol. The number of hydrogen-bond acceptors (Lipinski definition) is 5. The summed E-state index contributed by atoms with van der Waals surface area (Å²) in [5, 5.41) is 5.83. The third-order valence-electron chi connectivity index (χ3n) is 9.56. The number of aromatic nitrogens is 4. The summed E-state index contributed by atoms with van der Waals surface area (Å²) in [7, 11) is 0. The number of hydrogen-bond donors (Lipinski definition) is 0. The molecular formula is C45H26N4O2. The minimum Gasteiger partial charge on any atom is -0.456 e. The number of nitrogens with zero attached hydrogens (tertiary/aromatic N) is 4. The van der Waals surface area contributed by atoms with Gasteiger partial charge in [-0.25, -0.2) is 15.0 Å². The molecule has 11 aromatic rings. The van der Waals surface area contributed by atoms with E-state index >= 15 is 0 Å². The summed E-state index contributed by atoms with van der Waals surface area (Å²) >= 11 is 0. The van der Waals surface area contributed by atoms with Crippen molar-refractivity contribution in [2.75, 3.05) is 0 Å². The summed E-state index contributed by atoms with van der Waals surface area (Å²) in [4.78, 5) is 14.6. The summed E-state index contributed by atoms with van der Waals surface area (Å²) in [6.07, 6.45) is 0. The van der Waals surface area contributed by atoms with E-state index in [1.165, 1.54) is 0 Å². The van der Waals surface area contributed by atoms with E-state index in [0.717, 1.165) is 54.6 Å². The van der Waals surface area contributed by atoms with Crippen LogP contribution in [0, 0.1) is 0 Å². The number of fused-ring (bicyclic) bond motifs is 9.